The molecule has 0 fully saturated rings. The van der Waals surface area contributed by atoms with E-state index in [2.05, 4.69) is 47.1 Å². The van der Waals surface area contributed by atoms with Crippen LogP contribution in [0, 0.1) is 6.92 Å². The molecule has 1 atom stereocenters. The molecule has 0 saturated heterocycles. The van der Waals surface area contributed by atoms with Gasteiger partial charge in [0.1, 0.15) is 0 Å². The second kappa shape index (κ2) is 9.50. The molecule has 102 valence electrons. The lowest BCUT2D eigenvalue weighted by atomic mass is 10.1. The molecule has 1 aromatic rings. The molecule has 18 heavy (non-hydrogen) atoms. The van der Waals surface area contributed by atoms with Gasteiger partial charge in [-0.3, -0.25) is 0 Å². The molecular formula is C14H21BrO3. The minimum atomic E-state index is 0.0802. The highest BCUT2D eigenvalue weighted by atomic mass is 79.9. The SMILES string of the molecule is COCCOCCOC(CBr)c1ccc(C)cc1. The molecule has 1 rings (SSSR count). The minimum absolute atomic E-state index is 0.0802. The summed E-state index contributed by atoms with van der Waals surface area (Å²) in [7, 11) is 1.66. The predicted octanol–water partition coefficient (Wildman–Crippen LogP) is 3.11. The summed E-state index contributed by atoms with van der Waals surface area (Å²) < 4.78 is 16.0. The first-order valence-corrected chi connectivity index (χ1v) is 7.21. The van der Waals surface area contributed by atoms with Crippen LogP contribution < -0.4 is 0 Å². The zero-order chi connectivity index (χ0) is 13.2. The van der Waals surface area contributed by atoms with E-state index in [-0.39, 0.29) is 6.10 Å². The van der Waals surface area contributed by atoms with Crippen molar-refractivity contribution in [3.05, 3.63) is 35.4 Å². The van der Waals surface area contributed by atoms with Gasteiger partial charge in [0.05, 0.1) is 32.5 Å². The van der Waals surface area contributed by atoms with E-state index in [9.17, 15) is 0 Å². The highest BCUT2D eigenvalue weighted by Gasteiger charge is 2.09. The van der Waals surface area contributed by atoms with Crippen molar-refractivity contribution in [3.63, 3.8) is 0 Å². The van der Waals surface area contributed by atoms with E-state index < -0.39 is 0 Å². The Bertz CT molecular complexity index is 313. The van der Waals surface area contributed by atoms with Crippen molar-refractivity contribution in [1.82, 2.24) is 0 Å². The number of hydrogen-bond donors (Lipinski definition) is 0. The van der Waals surface area contributed by atoms with Gasteiger partial charge >= 0.3 is 0 Å². The molecule has 4 heteroatoms. The third-order valence-corrected chi connectivity index (χ3v) is 3.16. The molecule has 0 N–H and O–H groups in total. The average Bonchev–Trinajstić information content (AvgIpc) is 2.39. The minimum Gasteiger partial charge on any atom is -0.382 e. The molecule has 0 aliphatic carbocycles. The van der Waals surface area contributed by atoms with Gasteiger partial charge in [0.15, 0.2) is 0 Å². The summed E-state index contributed by atoms with van der Waals surface area (Å²) >= 11 is 3.48. The molecule has 0 amide bonds. The Morgan fingerprint density at radius 2 is 1.72 bits per heavy atom. The molecule has 0 heterocycles. The smallest absolute Gasteiger partial charge is 0.0922 e. The lowest BCUT2D eigenvalue weighted by Gasteiger charge is -2.16. The Balaban J connectivity index is 2.27. The molecule has 0 aromatic heterocycles. The lowest BCUT2D eigenvalue weighted by Crippen LogP contribution is -2.12. The van der Waals surface area contributed by atoms with Gasteiger partial charge in [-0.05, 0) is 12.5 Å². The van der Waals surface area contributed by atoms with Crippen molar-refractivity contribution in [2.75, 3.05) is 38.9 Å². The van der Waals surface area contributed by atoms with E-state index >= 15 is 0 Å². The summed E-state index contributed by atoms with van der Waals surface area (Å²) in [4.78, 5) is 0. The number of hydrogen-bond acceptors (Lipinski definition) is 3. The van der Waals surface area contributed by atoms with Gasteiger partial charge in [0.25, 0.3) is 0 Å². The molecular weight excluding hydrogens is 296 g/mol. The van der Waals surface area contributed by atoms with Crippen molar-refractivity contribution in [2.45, 2.75) is 13.0 Å². The van der Waals surface area contributed by atoms with Gasteiger partial charge in [-0.1, -0.05) is 45.8 Å². The van der Waals surface area contributed by atoms with Gasteiger partial charge in [-0.15, -0.1) is 0 Å². The van der Waals surface area contributed by atoms with Crippen LogP contribution in [0.25, 0.3) is 0 Å². The van der Waals surface area contributed by atoms with Crippen LogP contribution in [-0.2, 0) is 14.2 Å². The zero-order valence-electron chi connectivity index (χ0n) is 11.0. The number of rotatable bonds is 9. The van der Waals surface area contributed by atoms with Crippen LogP contribution in [0.5, 0.6) is 0 Å². The van der Waals surface area contributed by atoms with Gasteiger partial charge in [0, 0.05) is 12.4 Å². The number of benzene rings is 1. The first kappa shape index (κ1) is 15.6. The van der Waals surface area contributed by atoms with Crippen molar-refractivity contribution in [1.29, 1.82) is 0 Å². The second-order valence-corrected chi connectivity index (χ2v) is 4.68. The van der Waals surface area contributed by atoms with Crippen LogP contribution in [0.1, 0.15) is 17.2 Å². The van der Waals surface area contributed by atoms with Crippen LogP contribution in [0.15, 0.2) is 24.3 Å². The van der Waals surface area contributed by atoms with Crippen LogP contribution in [-0.4, -0.2) is 38.9 Å². The molecule has 0 bridgehead atoms. The summed E-state index contributed by atoms with van der Waals surface area (Å²) in [5, 5.41) is 0.786. The largest absolute Gasteiger partial charge is 0.382 e. The second-order valence-electron chi connectivity index (χ2n) is 4.03. The molecule has 0 saturated carbocycles. The molecule has 0 radical (unpaired) electrons. The molecule has 0 aliphatic rings. The Morgan fingerprint density at radius 1 is 1.06 bits per heavy atom. The van der Waals surface area contributed by atoms with Crippen LogP contribution in [0.2, 0.25) is 0 Å². The van der Waals surface area contributed by atoms with Crippen molar-refractivity contribution in [3.8, 4) is 0 Å². The van der Waals surface area contributed by atoms with Crippen LogP contribution >= 0.6 is 15.9 Å². The fourth-order valence-electron chi connectivity index (χ4n) is 1.50. The normalized spacial score (nSPS) is 12.6. The summed E-state index contributed by atoms with van der Waals surface area (Å²) in [5.41, 5.74) is 2.45. The number of halogens is 1. The molecule has 1 unspecified atom stereocenters. The highest BCUT2D eigenvalue weighted by molar-refractivity contribution is 9.09. The Labute approximate surface area is 118 Å². The van der Waals surface area contributed by atoms with Crippen molar-refractivity contribution in [2.24, 2.45) is 0 Å². The Kier molecular flexibility index (Phi) is 8.25. The van der Waals surface area contributed by atoms with E-state index in [0.717, 1.165) is 5.33 Å². The Hall–Kier alpha value is -0.420. The number of aryl methyl sites for hydroxylation is 1. The summed E-state index contributed by atoms with van der Waals surface area (Å²) in [5.74, 6) is 0. The standard InChI is InChI=1S/C14H21BrO3/c1-12-3-5-13(6-4-12)14(11-15)18-10-9-17-8-7-16-2/h3-6,14H,7-11H2,1-2H3. The summed E-state index contributed by atoms with van der Waals surface area (Å²) in [6.07, 6.45) is 0.0802. The maximum atomic E-state index is 5.78. The molecule has 3 nitrogen and oxygen atoms in total. The fourth-order valence-corrected chi connectivity index (χ4v) is 2.07. The van der Waals surface area contributed by atoms with Gasteiger partial charge in [-0.2, -0.15) is 0 Å². The van der Waals surface area contributed by atoms with E-state index in [1.807, 2.05) is 0 Å². The van der Waals surface area contributed by atoms with Crippen LogP contribution in [0.4, 0.5) is 0 Å². The summed E-state index contributed by atoms with van der Waals surface area (Å²) in [6.45, 7) is 4.51. The zero-order valence-corrected chi connectivity index (χ0v) is 12.6. The quantitative estimate of drug-likeness (QED) is 0.517. The monoisotopic (exact) mass is 316 g/mol. The summed E-state index contributed by atoms with van der Waals surface area (Å²) in [6, 6.07) is 8.41. The highest BCUT2D eigenvalue weighted by Crippen LogP contribution is 2.20. The number of alkyl halides is 1. The van der Waals surface area contributed by atoms with E-state index in [4.69, 9.17) is 14.2 Å². The third kappa shape index (κ3) is 5.96. The van der Waals surface area contributed by atoms with Gasteiger partial charge in [0.2, 0.25) is 0 Å². The fraction of sp³-hybridized carbons (Fsp3) is 0.571. The van der Waals surface area contributed by atoms with Crippen molar-refractivity contribution >= 4 is 15.9 Å². The lowest BCUT2D eigenvalue weighted by molar-refractivity contribution is 0.000724. The van der Waals surface area contributed by atoms with Gasteiger partial charge < -0.3 is 14.2 Å². The molecule has 0 aliphatic heterocycles. The molecule has 1 aromatic carbocycles. The number of methoxy groups -OCH3 is 1. The van der Waals surface area contributed by atoms with E-state index in [1.54, 1.807) is 7.11 Å². The first-order chi connectivity index (χ1) is 8.77. The topological polar surface area (TPSA) is 27.7 Å². The molecule has 0 spiro atoms. The predicted molar refractivity (Wildman–Crippen MR) is 76.4 cm³/mol. The Morgan fingerprint density at radius 3 is 2.33 bits per heavy atom. The van der Waals surface area contributed by atoms with Gasteiger partial charge in [-0.25, -0.2) is 0 Å². The maximum Gasteiger partial charge on any atom is 0.0922 e. The average molecular weight is 317 g/mol. The van der Waals surface area contributed by atoms with Crippen LogP contribution in [0.3, 0.4) is 0 Å². The van der Waals surface area contributed by atoms with E-state index in [1.165, 1.54) is 11.1 Å². The van der Waals surface area contributed by atoms with E-state index in [0.29, 0.717) is 26.4 Å². The first-order valence-electron chi connectivity index (χ1n) is 6.08. The number of ether oxygens (including phenoxy) is 3. The maximum absolute atomic E-state index is 5.78. The third-order valence-electron chi connectivity index (χ3n) is 2.57. The van der Waals surface area contributed by atoms with Crippen molar-refractivity contribution < 1.29 is 14.2 Å².